The van der Waals surface area contributed by atoms with Crippen LogP contribution in [-0.2, 0) is 5.41 Å². The third kappa shape index (κ3) is 3.92. The summed E-state index contributed by atoms with van der Waals surface area (Å²) in [6.45, 7) is 6.50. The van der Waals surface area contributed by atoms with Crippen molar-refractivity contribution in [1.29, 1.82) is 5.26 Å². The Morgan fingerprint density at radius 1 is 0.935 bits per heavy atom. The van der Waals surface area contributed by atoms with Gasteiger partial charge in [-0.3, -0.25) is 9.59 Å². The Hall–Kier alpha value is -3.56. The lowest BCUT2D eigenvalue weighted by Crippen LogP contribution is -2.29. The van der Waals surface area contributed by atoms with Crippen molar-refractivity contribution in [2.45, 2.75) is 31.1 Å². The molecule has 0 unspecified atom stereocenters. The molecule has 0 aliphatic carbocycles. The summed E-state index contributed by atoms with van der Waals surface area (Å²) in [7, 11) is 0. The van der Waals surface area contributed by atoms with E-state index in [2.05, 4.69) is 37.6 Å². The van der Waals surface area contributed by atoms with Gasteiger partial charge >= 0.3 is 0 Å². The third-order valence-electron chi connectivity index (χ3n) is 5.15. The largest absolute Gasteiger partial charge is 0.325 e. The summed E-state index contributed by atoms with van der Waals surface area (Å²) in [6.07, 6.45) is 0. The molecule has 5 nitrogen and oxygen atoms in total. The maximum atomic E-state index is 13.2. The molecule has 1 heterocycles. The molecule has 0 saturated carbocycles. The number of rotatable bonds is 4. The molecule has 0 atom stereocenters. The molecule has 0 aromatic heterocycles. The number of nitrogens with zero attached hydrogens (tertiary/aromatic N) is 2. The quantitative estimate of drug-likeness (QED) is 0.422. The van der Waals surface area contributed by atoms with Crippen LogP contribution >= 0.6 is 11.9 Å². The Morgan fingerprint density at radius 3 is 2.32 bits per heavy atom. The van der Waals surface area contributed by atoms with E-state index in [1.54, 1.807) is 42.5 Å². The fourth-order valence-electron chi connectivity index (χ4n) is 3.46. The van der Waals surface area contributed by atoms with Crippen LogP contribution in [0.1, 0.15) is 52.6 Å². The molecule has 3 aromatic carbocycles. The number of carbonyl (C=O) groups is 2. The molecular formula is C25H21N3O2S. The Balaban J connectivity index is 1.59. The molecular weight excluding hydrogens is 406 g/mol. The van der Waals surface area contributed by atoms with E-state index in [-0.39, 0.29) is 5.41 Å². The van der Waals surface area contributed by atoms with Crippen molar-refractivity contribution in [1.82, 2.24) is 0 Å². The minimum atomic E-state index is -0.401. The van der Waals surface area contributed by atoms with E-state index in [4.69, 9.17) is 5.26 Å². The van der Waals surface area contributed by atoms with Crippen molar-refractivity contribution in [3.8, 4) is 6.07 Å². The van der Waals surface area contributed by atoms with Crippen LogP contribution in [0, 0.1) is 11.3 Å². The van der Waals surface area contributed by atoms with Crippen molar-refractivity contribution in [2.75, 3.05) is 9.62 Å². The number of hydrogen-bond acceptors (Lipinski definition) is 5. The van der Waals surface area contributed by atoms with Gasteiger partial charge in [0.25, 0.3) is 11.8 Å². The Morgan fingerprint density at radius 2 is 1.65 bits per heavy atom. The molecule has 0 saturated heterocycles. The summed E-state index contributed by atoms with van der Waals surface area (Å²) in [5.41, 5.74) is 3.38. The highest BCUT2D eigenvalue weighted by molar-refractivity contribution is 8.00. The van der Waals surface area contributed by atoms with Crippen molar-refractivity contribution in [3.05, 3.63) is 89.0 Å². The van der Waals surface area contributed by atoms with Gasteiger partial charge in [0, 0.05) is 4.90 Å². The second-order valence-electron chi connectivity index (χ2n) is 8.31. The minimum Gasteiger partial charge on any atom is -0.325 e. The van der Waals surface area contributed by atoms with Gasteiger partial charge in [0.1, 0.15) is 0 Å². The average molecular weight is 428 g/mol. The normalized spacial score (nSPS) is 13.2. The zero-order valence-electron chi connectivity index (χ0n) is 17.5. The maximum absolute atomic E-state index is 13.2. The molecule has 1 aliphatic rings. The number of hydrogen-bond donors (Lipinski definition) is 1. The summed E-state index contributed by atoms with van der Waals surface area (Å²) < 4.78 is 3.23. The number of imide groups is 1. The first-order chi connectivity index (χ1) is 14.8. The predicted molar refractivity (Wildman–Crippen MR) is 123 cm³/mol. The smallest absolute Gasteiger partial charge is 0.268 e. The van der Waals surface area contributed by atoms with Crippen LogP contribution in [0.5, 0.6) is 0 Å². The monoisotopic (exact) mass is 427 g/mol. The summed E-state index contributed by atoms with van der Waals surface area (Å²) in [5, 5.41) is 9.14. The molecule has 1 N–H and O–H groups in total. The zero-order chi connectivity index (χ0) is 22.2. The number of fused-ring (bicyclic) bond motifs is 1. The molecule has 0 bridgehead atoms. The summed E-state index contributed by atoms with van der Waals surface area (Å²) in [4.78, 5) is 28.2. The SMILES string of the molecule is CC(C)(C)c1ccc(SNc2cccc3c2C(=O)N(c2cccc(C#N)c2)C3=O)cc1. The molecule has 0 spiro atoms. The van der Waals surface area contributed by atoms with Gasteiger partial charge in [0.2, 0.25) is 0 Å². The second kappa shape index (κ2) is 7.93. The van der Waals surface area contributed by atoms with Crippen LogP contribution < -0.4 is 9.62 Å². The Labute approximate surface area is 185 Å². The fourth-order valence-corrected chi connectivity index (χ4v) is 4.13. The van der Waals surface area contributed by atoms with Gasteiger partial charge in [-0.1, -0.05) is 45.0 Å². The third-order valence-corrected chi connectivity index (χ3v) is 5.98. The molecule has 31 heavy (non-hydrogen) atoms. The average Bonchev–Trinajstić information content (AvgIpc) is 3.02. The lowest BCUT2D eigenvalue weighted by Gasteiger charge is -2.19. The first kappa shape index (κ1) is 20.7. The second-order valence-corrected chi connectivity index (χ2v) is 9.19. The van der Waals surface area contributed by atoms with Gasteiger partial charge < -0.3 is 4.72 Å². The van der Waals surface area contributed by atoms with Crippen LogP contribution in [-0.4, -0.2) is 11.8 Å². The first-order valence-corrected chi connectivity index (χ1v) is 10.7. The van der Waals surface area contributed by atoms with E-state index in [9.17, 15) is 9.59 Å². The van der Waals surface area contributed by atoms with Crippen LogP contribution in [0.25, 0.3) is 0 Å². The highest BCUT2D eigenvalue weighted by Crippen LogP contribution is 2.35. The van der Waals surface area contributed by atoms with Crippen molar-refractivity contribution in [3.63, 3.8) is 0 Å². The van der Waals surface area contributed by atoms with Gasteiger partial charge in [-0.25, -0.2) is 4.90 Å². The van der Waals surface area contributed by atoms with Crippen molar-refractivity contribution >= 4 is 35.1 Å². The maximum Gasteiger partial charge on any atom is 0.268 e. The summed E-state index contributed by atoms with van der Waals surface area (Å²) in [5.74, 6) is -0.792. The topological polar surface area (TPSA) is 73.2 Å². The van der Waals surface area contributed by atoms with E-state index in [1.165, 1.54) is 17.5 Å². The highest BCUT2D eigenvalue weighted by atomic mass is 32.2. The van der Waals surface area contributed by atoms with Gasteiger partial charge in [-0.2, -0.15) is 5.26 Å². The molecule has 154 valence electrons. The molecule has 0 radical (unpaired) electrons. The lowest BCUT2D eigenvalue weighted by molar-refractivity contribution is 0.0926. The zero-order valence-corrected chi connectivity index (χ0v) is 18.3. The predicted octanol–water partition coefficient (Wildman–Crippen LogP) is 5.78. The van der Waals surface area contributed by atoms with E-state index in [0.29, 0.717) is 28.1 Å². The van der Waals surface area contributed by atoms with Gasteiger partial charge in [0.05, 0.1) is 34.1 Å². The molecule has 0 fully saturated rings. The molecule has 1 aliphatic heterocycles. The van der Waals surface area contributed by atoms with Crippen molar-refractivity contribution < 1.29 is 9.59 Å². The number of nitrogens with one attached hydrogen (secondary N) is 1. The van der Waals surface area contributed by atoms with E-state index in [1.807, 2.05) is 18.2 Å². The van der Waals surface area contributed by atoms with Gasteiger partial charge in [-0.05, 0) is 65.4 Å². The lowest BCUT2D eigenvalue weighted by atomic mass is 9.87. The number of carbonyl (C=O) groups excluding carboxylic acids is 2. The Bertz CT molecular complexity index is 1220. The highest BCUT2D eigenvalue weighted by Gasteiger charge is 2.38. The minimum absolute atomic E-state index is 0.0793. The number of benzene rings is 3. The number of nitriles is 1. The molecule has 2 amide bonds. The molecule has 6 heteroatoms. The fraction of sp³-hybridized carbons (Fsp3) is 0.160. The first-order valence-electron chi connectivity index (χ1n) is 9.85. The number of anilines is 2. The van der Waals surface area contributed by atoms with E-state index >= 15 is 0 Å². The number of amides is 2. The Kier molecular flexibility index (Phi) is 5.30. The summed E-state index contributed by atoms with van der Waals surface area (Å²) in [6, 6.07) is 22.0. The van der Waals surface area contributed by atoms with Crippen LogP contribution in [0.2, 0.25) is 0 Å². The van der Waals surface area contributed by atoms with Crippen molar-refractivity contribution in [2.24, 2.45) is 0 Å². The van der Waals surface area contributed by atoms with E-state index in [0.717, 1.165) is 9.80 Å². The van der Waals surface area contributed by atoms with Gasteiger partial charge in [0.15, 0.2) is 0 Å². The summed E-state index contributed by atoms with van der Waals surface area (Å²) >= 11 is 1.39. The van der Waals surface area contributed by atoms with Crippen LogP contribution in [0.15, 0.2) is 71.6 Å². The van der Waals surface area contributed by atoms with Crippen LogP contribution in [0.4, 0.5) is 11.4 Å². The standard InChI is InChI=1S/C25H21N3O2S/c1-25(2,3)17-10-12-19(13-11-17)31-27-21-9-5-8-20-22(21)24(30)28(23(20)29)18-7-4-6-16(14-18)15-26/h4-14,27H,1-3H3. The molecule has 4 rings (SSSR count). The van der Waals surface area contributed by atoms with E-state index < -0.39 is 11.8 Å². The molecule has 3 aromatic rings. The van der Waals surface area contributed by atoms with Gasteiger partial charge in [-0.15, -0.1) is 0 Å². The van der Waals surface area contributed by atoms with Crippen LogP contribution in [0.3, 0.4) is 0 Å².